The lowest BCUT2D eigenvalue weighted by atomic mass is 10.2. The van der Waals surface area contributed by atoms with Crippen molar-refractivity contribution in [1.29, 1.82) is 0 Å². The Bertz CT molecular complexity index is 972. The normalized spacial score (nSPS) is 10.1. The second-order valence-electron chi connectivity index (χ2n) is 5.78. The number of halogens is 1. The van der Waals surface area contributed by atoms with Crippen molar-refractivity contribution in [3.63, 3.8) is 0 Å². The third-order valence-electron chi connectivity index (χ3n) is 3.63. The van der Waals surface area contributed by atoms with Crippen molar-refractivity contribution in [2.45, 2.75) is 6.92 Å². The van der Waals surface area contributed by atoms with Gasteiger partial charge in [0.15, 0.2) is 11.6 Å². The van der Waals surface area contributed by atoms with Crippen molar-refractivity contribution < 1.29 is 9.18 Å². The summed E-state index contributed by atoms with van der Waals surface area (Å²) >= 11 is 0. The molecule has 0 radical (unpaired) electrons. The predicted molar refractivity (Wildman–Crippen MR) is 105 cm³/mol. The highest BCUT2D eigenvalue weighted by Crippen LogP contribution is 2.22. The van der Waals surface area contributed by atoms with Crippen molar-refractivity contribution in [1.82, 2.24) is 9.97 Å². The number of anilines is 5. The molecule has 0 aliphatic heterocycles. The van der Waals surface area contributed by atoms with E-state index in [-0.39, 0.29) is 17.7 Å². The summed E-state index contributed by atoms with van der Waals surface area (Å²) in [6, 6.07) is 14.5. The van der Waals surface area contributed by atoms with Gasteiger partial charge in [0.25, 0.3) is 0 Å². The number of aromatic nitrogens is 2. The van der Waals surface area contributed by atoms with Gasteiger partial charge in [0, 0.05) is 17.1 Å². The fourth-order valence-electron chi connectivity index (χ4n) is 2.29. The van der Waals surface area contributed by atoms with Crippen LogP contribution in [-0.2, 0) is 4.79 Å². The molecule has 3 aromatic rings. The zero-order valence-electron chi connectivity index (χ0n) is 14.7. The minimum Gasteiger partial charge on any atom is -0.338 e. The Balaban J connectivity index is 1.78. The van der Waals surface area contributed by atoms with Crippen LogP contribution in [0.25, 0.3) is 0 Å². The van der Waals surface area contributed by atoms with E-state index in [9.17, 15) is 9.18 Å². The van der Waals surface area contributed by atoms with Crippen LogP contribution in [-0.4, -0.2) is 15.9 Å². The molecule has 1 aromatic heterocycles. The van der Waals surface area contributed by atoms with Crippen molar-refractivity contribution in [2.75, 3.05) is 16.0 Å². The number of nitrogens with one attached hydrogen (secondary N) is 3. The second-order valence-corrected chi connectivity index (χ2v) is 5.78. The Labute approximate surface area is 156 Å². The molecule has 1 amide bonds. The number of nitrogens with zero attached hydrogens (tertiary/aromatic N) is 2. The molecule has 0 bridgehead atoms. The SMILES string of the molecule is C=CC(=O)Nc1cccc(Nc2ncc(F)c(Nc3ccc(C)cc3)n2)c1. The number of benzene rings is 2. The van der Waals surface area contributed by atoms with Crippen molar-refractivity contribution in [3.05, 3.63) is 78.8 Å². The van der Waals surface area contributed by atoms with Crippen LogP contribution in [0.5, 0.6) is 0 Å². The second kappa shape index (κ2) is 8.09. The van der Waals surface area contributed by atoms with E-state index >= 15 is 0 Å². The Morgan fingerprint density at radius 2 is 1.81 bits per heavy atom. The van der Waals surface area contributed by atoms with Gasteiger partial charge in [-0.2, -0.15) is 4.98 Å². The number of aryl methyl sites for hydroxylation is 1. The van der Waals surface area contributed by atoms with Crippen LogP contribution in [0.1, 0.15) is 5.56 Å². The molecule has 3 rings (SSSR count). The molecule has 0 spiro atoms. The Morgan fingerprint density at radius 1 is 1.07 bits per heavy atom. The molecule has 0 saturated carbocycles. The van der Waals surface area contributed by atoms with Crippen molar-refractivity contribution in [2.24, 2.45) is 0 Å². The van der Waals surface area contributed by atoms with Gasteiger partial charge in [0.1, 0.15) is 0 Å². The number of hydrogen-bond donors (Lipinski definition) is 3. The number of carbonyl (C=O) groups excluding carboxylic acids is 1. The van der Waals surface area contributed by atoms with E-state index in [0.29, 0.717) is 11.4 Å². The number of hydrogen-bond acceptors (Lipinski definition) is 5. The van der Waals surface area contributed by atoms with E-state index < -0.39 is 5.82 Å². The number of rotatable bonds is 6. The number of amides is 1. The molecule has 7 heteroatoms. The van der Waals surface area contributed by atoms with Gasteiger partial charge >= 0.3 is 0 Å². The Hall–Kier alpha value is -3.74. The summed E-state index contributed by atoms with van der Waals surface area (Å²) in [5, 5.41) is 8.59. The van der Waals surface area contributed by atoms with Gasteiger partial charge < -0.3 is 16.0 Å². The standard InChI is InChI=1S/C20H18FN5O/c1-3-18(27)23-15-5-4-6-16(11-15)25-20-22-12-17(21)19(26-20)24-14-9-7-13(2)8-10-14/h3-12H,1H2,2H3,(H,23,27)(H2,22,24,25,26). The quantitative estimate of drug-likeness (QED) is 0.561. The summed E-state index contributed by atoms with van der Waals surface area (Å²) in [5.41, 5.74) is 3.06. The van der Waals surface area contributed by atoms with E-state index in [2.05, 4.69) is 32.5 Å². The number of carbonyl (C=O) groups is 1. The molecule has 0 atom stereocenters. The average molecular weight is 363 g/mol. The fourth-order valence-corrected chi connectivity index (χ4v) is 2.29. The average Bonchev–Trinajstić information content (AvgIpc) is 2.66. The Kier molecular flexibility index (Phi) is 5.41. The molecule has 27 heavy (non-hydrogen) atoms. The summed E-state index contributed by atoms with van der Waals surface area (Å²) in [6.45, 7) is 5.39. The maximum Gasteiger partial charge on any atom is 0.247 e. The highest BCUT2D eigenvalue weighted by atomic mass is 19.1. The molecule has 6 nitrogen and oxygen atoms in total. The first-order valence-electron chi connectivity index (χ1n) is 8.20. The predicted octanol–water partition coefficient (Wildman–Crippen LogP) is 4.54. The van der Waals surface area contributed by atoms with Crippen molar-refractivity contribution in [3.8, 4) is 0 Å². The van der Waals surface area contributed by atoms with Crippen LogP contribution < -0.4 is 16.0 Å². The van der Waals surface area contributed by atoms with Crippen LogP contribution in [0.4, 0.5) is 33.2 Å². The van der Waals surface area contributed by atoms with E-state index in [1.54, 1.807) is 24.3 Å². The van der Waals surface area contributed by atoms with E-state index in [4.69, 9.17) is 0 Å². The monoisotopic (exact) mass is 363 g/mol. The first kappa shape index (κ1) is 18.1. The summed E-state index contributed by atoms with van der Waals surface area (Å²) < 4.78 is 14.0. The molecule has 136 valence electrons. The van der Waals surface area contributed by atoms with Gasteiger partial charge in [-0.3, -0.25) is 4.79 Å². The van der Waals surface area contributed by atoms with Crippen LogP contribution in [0.2, 0.25) is 0 Å². The van der Waals surface area contributed by atoms with Gasteiger partial charge in [0.2, 0.25) is 11.9 Å². The Morgan fingerprint density at radius 3 is 2.56 bits per heavy atom. The summed E-state index contributed by atoms with van der Waals surface area (Å²) in [7, 11) is 0. The summed E-state index contributed by atoms with van der Waals surface area (Å²) in [6.07, 6.45) is 2.28. The highest BCUT2D eigenvalue weighted by molar-refractivity contribution is 5.99. The summed E-state index contributed by atoms with van der Waals surface area (Å²) in [4.78, 5) is 19.5. The summed E-state index contributed by atoms with van der Waals surface area (Å²) in [5.74, 6) is -0.589. The molecule has 0 aliphatic carbocycles. The molecular weight excluding hydrogens is 345 g/mol. The largest absolute Gasteiger partial charge is 0.338 e. The molecular formula is C20H18FN5O. The molecule has 3 N–H and O–H groups in total. The van der Waals surface area contributed by atoms with Crippen molar-refractivity contribution >= 4 is 34.7 Å². The van der Waals surface area contributed by atoms with Gasteiger partial charge in [0.05, 0.1) is 6.20 Å². The first-order valence-corrected chi connectivity index (χ1v) is 8.20. The van der Waals surface area contributed by atoms with Gasteiger partial charge in [-0.1, -0.05) is 30.3 Å². The van der Waals surface area contributed by atoms with Crippen LogP contribution in [0, 0.1) is 12.7 Å². The van der Waals surface area contributed by atoms with E-state index in [0.717, 1.165) is 17.4 Å². The van der Waals surface area contributed by atoms with Crippen LogP contribution in [0.15, 0.2) is 67.4 Å². The maximum atomic E-state index is 14.0. The zero-order chi connectivity index (χ0) is 19.2. The van der Waals surface area contributed by atoms with Crippen LogP contribution >= 0.6 is 0 Å². The molecule has 2 aromatic carbocycles. The van der Waals surface area contributed by atoms with E-state index in [1.165, 1.54) is 6.08 Å². The maximum absolute atomic E-state index is 14.0. The van der Waals surface area contributed by atoms with Gasteiger partial charge in [-0.25, -0.2) is 9.37 Å². The molecule has 0 fully saturated rings. The first-order chi connectivity index (χ1) is 13.0. The minimum atomic E-state index is -0.562. The third kappa shape index (κ3) is 4.88. The molecule has 0 aliphatic rings. The minimum absolute atomic E-state index is 0.0625. The lowest BCUT2D eigenvalue weighted by Gasteiger charge is -2.10. The third-order valence-corrected chi connectivity index (χ3v) is 3.63. The van der Waals surface area contributed by atoms with Gasteiger partial charge in [-0.15, -0.1) is 0 Å². The molecule has 0 saturated heterocycles. The highest BCUT2D eigenvalue weighted by Gasteiger charge is 2.08. The zero-order valence-corrected chi connectivity index (χ0v) is 14.7. The molecule has 0 unspecified atom stereocenters. The smallest absolute Gasteiger partial charge is 0.247 e. The lowest BCUT2D eigenvalue weighted by Crippen LogP contribution is -2.07. The van der Waals surface area contributed by atoms with E-state index in [1.807, 2.05) is 31.2 Å². The fraction of sp³-hybridized carbons (Fsp3) is 0.0500. The van der Waals surface area contributed by atoms with Gasteiger partial charge in [-0.05, 0) is 43.3 Å². The van der Waals surface area contributed by atoms with Crippen LogP contribution in [0.3, 0.4) is 0 Å². The lowest BCUT2D eigenvalue weighted by molar-refractivity contribution is -0.111. The molecule has 1 heterocycles. The topological polar surface area (TPSA) is 78.9 Å².